The molecule has 1 aromatic heterocycles. The lowest BCUT2D eigenvalue weighted by Gasteiger charge is -2.13. The van der Waals surface area contributed by atoms with E-state index < -0.39 is 0 Å². The van der Waals surface area contributed by atoms with Crippen LogP contribution in [-0.2, 0) is 17.6 Å². The van der Waals surface area contributed by atoms with Crippen molar-refractivity contribution in [2.75, 3.05) is 27.4 Å². The van der Waals surface area contributed by atoms with Gasteiger partial charge in [0.05, 0.1) is 13.7 Å². The summed E-state index contributed by atoms with van der Waals surface area (Å²) in [6, 6.07) is 6.01. The summed E-state index contributed by atoms with van der Waals surface area (Å²) in [5, 5.41) is 6.97. The van der Waals surface area contributed by atoms with Crippen molar-refractivity contribution in [3.63, 3.8) is 0 Å². The van der Waals surface area contributed by atoms with Gasteiger partial charge in [0.1, 0.15) is 5.75 Å². The van der Waals surface area contributed by atoms with Gasteiger partial charge in [-0.15, -0.1) is 0 Å². The van der Waals surface area contributed by atoms with E-state index in [0.717, 1.165) is 24.1 Å². The molecule has 0 aliphatic heterocycles. The van der Waals surface area contributed by atoms with Gasteiger partial charge in [-0.05, 0) is 30.2 Å². The van der Waals surface area contributed by atoms with Gasteiger partial charge in [-0.3, -0.25) is 0 Å². The van der Waals surface area contributed by atoms with Crippen LogP contribution in [0.3, 0.4) is 0 Å². The third kappa shape index (κ3) is 2.87. The summed E-state index contributed by atoms with van der Waals surface area (Å²) in [6.45, 7) is 1.03. The first-order valence-corrected chi connectivity index (χ1v) is 7.42. The Morgan fingerprint density at radius 3 is 3.00 bits per heavy atom. The van der Waals surface area contributed by atoms with Gasteiger partial charge < -0.3 is 25.1 Å². The molecule has 1 aromatic carbocycles. The number of rotatable bonds is 5. The topological polar surface area (TPSA) is 75.4 Å². The third-order valence-electron chi connectivity index (χ3n) is 4.03. The molecule has 1 aliphatic rings. The highest BCUT2D eigenvalue weighted by Gasteiger charge is 2.26. The number of hydrogen-bond donors (Lipinski definition) is 3. The second-order valence-corrected chi connectivity index (χ2v) is 5.49. The molecule has 6 heteroatoms. The van der Waals surface area contributed by atoms with Gasteiger partial charge in [0.15, 0.2) is 0 Å². The minimum atomic E-state index is -0.144. The molecule has 0 radical (unpaired) electrons. The summed E-state index contributed by atoms with van der Waals surface area (Å²) in [5.41, 5.74) is 3.59. The minimum absolute atomic E-state index is 0.124. The number of amides is 2. The summed E-state index contributed by atoms with van der Waals surface area (Å²) >= 11 is 0. The second-order valence-electron chi connectivity index (χ2n) is 5.49. The predicted molar refractivity (Wildman–Crippen MR) is 84.5 cm³/mol. The molecule has 0 bridgehead atoms. The number of benzene rings is 1. The Morgan fingerprint density at radius 2 is 2.23 bits per heavy atom. The van der Waals surface area contributed by atoms with Gasteiger partial charge in [0, 0.05) is 42.7 Å². The lowest BCUT2D eigenvalue weighted by molar-refractivity contribution is 0.195. The van der Waals surface area contributed by atoms with Gasteiger partial charge in [-0.2, -0.15) is 0 Å². The van der Waals surface area contributed by atoms with Crippen LogP contribution in [0.5, 0.6) is 5.75 Å². The molecule has 0 saturated heterocycles. The third-order valence-corrected chi connectivity index (χ3v) is 4.03. The number of aromatic amines is 1. The van der Waals surface area contributed by atoms with Crippen molar-refractivity contribution >= 4 is 16.9 Å². The normalized spacial score (nSPS) is 16.5. The fraction of sp³-hybridized carbons (Fsp3) is 0.438. The number of urea groups is 1. The van der Waals surface area contributed by atoms with Crippen molar-refractivity contribution < 1.29 is 14.3 Å². The van der Waals surface area contributed by atoms with Crippen molar-refractivity contribution in [1.82, 2.24) is 15.6 Å². The Balaban J connectivity index is 1.66. The van der Waals surface area contributed by atoms with Crippen LogP contribution in [0.25, 0.3) is 10.9 Å². The van der Waals surface area contributed by atoms with Crippen LogP contribution >= 0.6 is 0 Å². The fourth-order valence-electron chi connectivity index (χ4n) is 2.99. The number of hydrogen-bond acceptors (Lipinski definition) is 3. The molecule has 0 spiro atoms. The lowest BCUT2D eigenvalue weighted by atomic mass is 10.1. The van der Waals surface area contributed by atoms with Crippen molar-refractivity contribution in [1.29, 1.82) is 0 Å². The van der Waals surface area contributed by atoms with Gasteiger partial charge in [-0.1, -0.05) is 0 Å². The van der Waals surface area contributed by atoms with Crippen molar-refractivity contribution in [2.45, 2.75) is 18.9 Å². The highest BCUT2D eigenvalue weighted by Crippen LogP contribution is 2.32. The van der Waals surface area contributed by atoms with Crippen LogP contribution in [0.2, 0.25) is 0 Å². The summed E-state index contributed by atoms with van der Waals surface area (Å²) in [5.74, 6) is 0.850. The first-order valence-electron chi connectivity index (χ1n) is 7.42. The maximum Gasteiger partial charge on any atom is 0.315 e. The molecule has 2 amide bonds. The first kappa shape index (κ1) is 14.7. The molecule has 1 aliphatic carbocycles. The van der Waals surface area contributed by atoms with Crippen LogP contribution in [0.4, 0.5) is 4.79 Å². The van der Waals surface area contributed by atoms with Crippen LogP contribution in [0.1, 0.15) is 11.3 Å². The number of carbonyl (C=O) groups excluding carboxylic acids is 1. The number of carbonyl (C=O) groups is 1. The molecule has 3 N–H and O–H groups in total. The Morgan fingerprint density at radius 1 is 1.36 bits per heavy atom. The molecule has 3 rings (SSSR count). The molecule has 1 heterocycles. The molecule has 118 valence electrons. The van der Waals surface area contributed by atoms with Crippen molar-refractivity contribution in [3.05, 3.63) is 29.5 Å². The number of methoxy groups -OCH3 is 2. The Bertz CT molecular complexity index is 681. The quantitative estimate of drug-likeness (QED) is 0.734. The highest BCUT2D eigenvalue weighted by atomic mass is 16.5. The number of nitrogens with one attached hydrogen (secondary N) is 3. The highest BCUT2D eigenvalue weighted by molar-refractivity contribution is 5.87. The van der Waals surface area contributed by atoms with Gasteiger partial charge in [0.25, 0.3) is 0 Å². The molecule has 1 unspecified atom stereocenters. The smallest absolute Gasteiger partial charge is 0.315 e. The maximum atomic E-state index is 11.8. The van der Waals surface area contributed by atoms with E-state index in [2.05, 4.69) is 15.6 Å². The molecule has 0 fully saturated rings. The number of H-pyrrole nitrogens is 1. The average Bonchev–Trinajstić information content (AvgIpc) is 3.04. The Labute approximate surface area is 129 Å². The number of fused-ring (bicyclic) bond motifs is 3. The van der Waals surface area contributed by atoms with Crippen LogP contribution in [0.15, 0.2) is 18.2 Å². The van der Waals surface area contributed by atoms with E-state index >= 15 is 0 Å². The standard InChI is InChI=1S/C16H21N3O3/c1-21-6-5-17-16(20)18-10-7-12-13-9-11(22-2)3-4-14(13)19-15(12)8-10/h3-4,9-10,19H,5-8H2,1-2H3,(H2,17,18,20). The van der Waals surface area contributed by atoms with Crippen LogP contribution < -0.4 is 15.4 Å². The molecule has 2 aromatic rings. The zero-order valence-electron chi connectivity index (χ0n) is 12.9. The van der Waals surface area contributed by atoms with Crippen LogP contribution in [-0.4, -0.2) is 44.4 Å². The monoisotopic (exact) mass is 303 g/mol. The largest absolute Gasteiger partial charge is 0.497 e. The summed E-state index contributed by atoms with van der Waals surface area (Å²) < 4.78 is 10.2. The lowest BCUT2D eigenvalue weighted by Crippen LogP contribution is -2.43. The van der Waals surface area contributed by atoms with E-state index in [4.69, 9.17) is 9.47 Å². The average molecular weight is 303 g/mol. The Hall–Kier alpha value is -2.21. The molecule has 6 nitrogen and oxygen atoms in total. The summed E-state index contributed by atoms with van der Waals surface area (Å²) in [6.07, 6.45) is 1.66. The molecule has 22 heavy (non-hydrogen) atoms. The molecular weight excluding hydrogens is 282 g/mol. The fourth-order valence-corrected chi connectivity index (χ4v) is 2.99. The second kappa shape index (κ2) is 6.27. The van der Waals surface area contributed by atoms with E-state index in [-0.39, 0.29) is 12.1 Å². The van der Waals surface area contributed by atoms with Crippen molar-refractivity contribution in [2.24, 2.45) is 0 Å². The van der Waals surface area contributed by atoms with Crippen molar-refractivity contribution in [3.8, 4) is 5.75 Å². The van der Waals surface area contributed by atoms with Gasteiger partial charge in [-0.25, -0.2) is 4.79 Å². The molecular formula is C16H21N3O3. The van der Waals surface area contributed by atoms with E-state index in [9.17, 15) is 4.79 Å². The zero-order chi connectivity index (χ0) is 15.5. The zero-order valence-corrected chi connectivity index (χ0v) is 12.9. The van der Waals surface area contributed by atoms with Gasteiger partial charge >= 0.3 is 6.03 Å². The molecule has 0 saturated carbocycles. The van der Waals surface area contributed by atoms with E-state index in [1.807, 2.05) is 18.2 Å². The predicted octanol–water partition coefficient (Wildman–Crippen LogP) is 1.59. The van der Waals surface area contributed by atoms with Crippen LogP contribution in [0, 0.1) is 0 Å². The number of ether oxygens (including phenoxy) is 2. The van der Waals surface area contributed by atoms with Gasteiger partial charge in [0.2, 0.25) is 0 Å². The van der Waals surface area contributed by atoms with E-state index in [0.29, 0.717) is 13.2 Å². The Kier molecular flexibility index (Phi) is 4.20. The number of aromatic nitrogens is 1. The molecule has 1 atom stereocenters. The summed E-state index contributed by atoms with van der Waals surface area (Å²) in [7, 11) is 3.28. The minimum Gasteiger partial charge on any atom is -0.497 e. The first-order chi connectivity index (χ1) is 10.7. The van der Waals surface area contributed by atoms with E-state index in [1.165, 1.54) is 16.6 Å². The SMILES string of the molecule is COCCNC(=O)NC1Cc2[nH]c3ccc(OC)cc3c2C1. The summed E-state index contributed by atoms with van der Waals surface area (Å²) in [4.78, 5) is 15.2. The maximum absolute atomic E-state index is 11.8. The van der Waals surface area contributed by atoms with E-state index in [1.54, 1.807) is 14.2 Å².